The molecule has 1 atom stereocenters. The molecule has 2 amide bonds. The van der Waals surface area contributed by atoms with E-state index in [1.807, 2.05) is 88.4 Å². The maximum Gasteiger partial charge on any atom is 0.244 e. The molecule has 0 aliphatic carbocycles. The summed E-state index contributed by atoms with van der Waals surface area (Å²) in [4.78, 5) is 28.8. The average Bonchev–Trinajstić information content (AvgIpc) is 2.86. The van der Waals surface area contributed by atoms with Crippen LogP contribution in [-0.2, 0) is 32.6 Å². The summed E-state index contributed by atoms with van der Waals surface area (Å²) in [5.74, 6) is -0.739. The number of nitrogens with one attached hydrogen (secondary N) is 1. The molecule has 0 radical (unpaired) electrons. The second-order valence-electron chi connectivity index (χ2n) is 9.65. The lowest BCUT2D eigenvalue weighted by atomic mass is 10.0. The van der Waals surface area contributed by atoms with E-state index in [0.717, 1.165) is 38.4 Å². The highest BCUT2D eigenvalue weighted by Crippen LogP contribution is 2.23. The minimum absolute atomic E-state index is 0.166. The van der Waals surface area contributed by atoms with Gasteiger partial charge in [-0.3, -0.25) is 13.9 Å². The van der Waals surface area contributed by atoms with Crippen LogP contribution < -0.4 is 9.62 Å². The van der Waals surface area contributed by atoms with Crippen LogP contribution in [0, 0.1) is 20.8 Å². The molecule has 0 saturated heterocycles. The second kappa shape index (κ2) is 12.7. The van der Waals surface area contributed by atoms with Gasteiger partial charge in [0.05, 0.1) is 11.9 Å². The Balaban J connectivity index is 2.05. The molecule has 0 aromatic heterocycles. The topological polar surface area (TPSA) is 86.8 Å². The summed E-state index contributed by atoms with van der Waals surface area (Å²) >= 11 is 0. The van der Waals surface area contributed by atoms with Gasteiger partial charge < -0.3 is 10.2 Å². The number of benzene rings is 3. The van der Waals surface area contributed by atoms with E-state index < -0.39 is 28.5 Å². The molecule has 0 aliphatic rings. The van der Waals surface area contributed by atoms with Crippen LogP contribution in [0.4, 0.5) is 5.69 Å². The van der Waals surface area contributed by atoms with E-state index in [-0.39, 0.29) is 12.5 Å². The summed E-state index contributed by atoms with van der Waals surface area (Å²) in [7, 11) is -3.79. The number of anilines is 1. The highest BCUT2D eigenvalue weighted by atomic mass is 32.2. The second-order valence-corrected chi connectivity index (χ2v) is 11.6. The summed E-state index contributed by atoms with van der Waals surface area (Å²) in [5, 5.41) is 2.86. The smallest absolute Gasteiger partial charge is 0.244 e. The van der Waals surface area contributed by atoms with Gasteiger partial charge in [0.25, 0.3) is 0 Å². The molecule has 0 aliphatic heterocycles. The summed E-state index contributed by atoms with van der Waals surface area (Å²) in [5.41, 5.74) is 5.15. The number of hydrogen-bond acceptors (Lipinski definition) is 4. The predicted molar refractivity (Wildman–Crippen MR) is 152 cm³/mol. The molecule has 38 heavy (non-hydrogen) atoms. The Kier molecular flexibility index (Phi) is 9.69. The van der Waals surface area contributed by atoms with E-state index >= 15 is 0 Å². The minimum atomic E-state index is -3.79. The lowest BCUT2D eigenvalue weighted by molar-refractivity contribution is -0.140. The minimum Gasteiger partial charge on any atom is -0.355 e. The van der Waals surface area contributed by atoms with Crippen molar-refractivity contribution >= 4 is 27.5 Å². The van der Waals surface area contributed by atoms with E-state index in [9.17, 15) is 18.0 Å². The van der Waals surface area contributed by atoms with E-state index in [4.69, 9.17) is 0 Å². The van der Waals surface area contributed by atoms with Crippen molar-refractivity contribution in [2.24, 2.45) is 0 Å². The predicted octanol–water partition coefficient (Wildman–Crippen LogP) is 4.15. The monoisotopic (exact) mass is 535 g/mol. The molecule has 0 spiro atoms. The van der Waals surface area contributed by atoms with Crippen LogP contribution in [0.25, 0.3) is 0 Å². The number of likely N-dealkylation sites (N-methyl/N-ethyl adjacent to an activating group) is 1. The number of hydrogen-bond donors (Lipinski definition) is 1. The van der Waals surface area contributed by atoms with E-state index in [1.165, 1.54) is 4.90 Å². The van der Waals surface area contributed by atoms with Gasteiger partial charge in [-0.25, -0.2) is 8.42 Å². The lowest BCUT2D eigenvalue weighted by Crippen LogP contribution is -2.53. The lowest BCUT2D eigenvalue weighted by Gasteiger charge is -2.33. The van der Waals surface area contributed by atoms with Crippen molar-refractivity contribution in [3.63, 3.8) is 0 Å². The summed E-state index contributed by atoms with van der Waals surface area (Å²) in [6, 6.07) is 21.7. The Bertz CT molecular complexity index is 1370. The first-order valence-electron chi connectivity index (χ1n) is 12.7. The first-order valence-corrected chi connectivity index (χ1v) is 14.6. The van der Waals surface area contributed by atoms with Crippen LogP contribution in [0.3, 0.4) is 0 Å². The molecule has 1 N–H and O–H groups in total. The van der Waals surface area contributed by atoms with Crippen molar-refractivity contribution in [3.05, 3.63) is 101 Å². The van der Waals surface area contributed by atoms with Gasteiger partial charge in [0.15, 0.2) is 0 Å². The molecule has 3 aromatic carbocycles. The molecular formula is C30H37N3O4S. The fourth-order valence-electron chi connectivity index (χ4n) is 4.35. The molecule has 3 aromatic rings. The Morgan fingerprint density at radius 1 is 0.868 bits per heavy atom. The molecule has 0 unspecified atom stereocenters. The van der Waals surface area contributed by atoms with Crippen molar-refractivity contribution in [2.75, 3.05) is 23.7 Å². The van der Waals surface area contributed by atoms with Crippen molar-refractivity contribution in [1.82, 2.24) is 10.2 Å². The molecule has 0 fully saturated rings. The van der Waals surface area contributed by atoms with Gasteiger partial charge in [-0.1, -0.05) is 66.2 Å². The van der Waals surface area contributed by atoms with Gasteiger partial charge in [-0.15, -0.1) is 0 Å². The van der Waals surface area contributed by atoms with Gasteiger partial charge in [0.2, 0.25) is 21.8 Å². The van der Waals surface area contributed by atoms with Gasteiger partial charge in [0.1, 0.15) is 12.6 Å². The van der Waals surface area contributed by atoms with Crippen LogP contribution in [0.15, 0.2) is 72.8 Å². The molecule has 202 valence electrons. The van der Waals surface area contributed by atoms with Crippen molar-refractivity contribution in [3.8, 4) is 0 Å². The molecule has 7 nitrogen and oxygen atoms in total. The summed E-state index contributed by atoms with van der Waals surface area (Å²) < 4.78 is 26.8. The summed E-state index contributed by atoms with van der Waals surface area (Å²) in [6.07, 6.45) is 1.39. The number of nitrogens with zero attached hydrogens (tertiary/aromatic N) is 2. The highest BCUT2D eigenvalue weighted by Gasteiger charge is 2.32. The zero-order chi connectivity index (χ0) is 27.9. The number of rotatable bonds is 11. The van der Waals surface area contributed by atoms with E-state index in [1.54, 1.807) is 12.1 Å². The number of amides is 2. The third kappa shape index (κ3) is 7.68. The first-order chi connectivity index (χ1) is 18.0. The van der Waals surface area contributed by atoms with Gasteiger partial charge in [-0.2, -0.15) is 0 Å². The molecule has 0 saturated carbocycles. The zero-order valence-corrected chi connectivity index (χ0v) is 23.6. The van der Waals surface area contributed by atoms with Crippen molar-refractivity contribution in [1.29, 1.82) is 0 Å². The molecule has 0 bridgehead atoms. The third-order valence-electron chi connectivity index (χ3n) is 6.52. The van der Waals surface area contributed by atoms with E-state index in [0.29, 0.717) is 18.7 Å². The number of carbonyl (C=O) groups is 2. The fourth-order valence-corrected chi connectivity index (χ4v) is 5.19. The number of sulfonamides is 1. The quantitative estimate of drug-likeness (QED) is 0.400. The van der Waals surface area contributed by atoms with Gasteiger partial charge in [0, 0.05) is 19.5 Å². The largest absolute Gasteiger partial charge is 0.355 e. The maximum absolute atomic E-state index is 14.0. The Morgan fingerprint density at radius 3 is 2.16 bits per heavy atom. The number of carbonyl (C=O) groups excluding carboxylic acids is 2. The number of aryl methyl sites for hydroxylation is 3. The van der Waals surface area contributed by atoms with Crippen LogP contribution in [-0.4, -0.2) is 50.5 Å². The van der Waals surface area contributed by atoms with E-state index in [2.05, 4.69) is 5.32 Å². The standard InChI is InChI=1S/C30H37N3O4S/c1-6-31-30(35)28(19-25-12-8-7-9-13-25)32(20-26-14-10-11-22(2)17-26)29(34)21-33(38(5,36)37)27-16-15-23(3)24(4)18-27/h7-18,28H,6,19-21H2,1-5H3,(H,31,35)/t28-/m1/s1. The normalized spacial score (nSPS) is 12.0. The first kappa shape index (κ1) is 28.9. The van der Waals surface area contributed by atoms with Crippen LogP contribution in [0.2, 0.25) is 0 Å². The van der Waals surface area contributed by atoms with Gasteiger partial charge in [-0.05, 0) is 62.1 Å². The molecular weight excluding hydrogens is 498 g/mol. The molecule has 8 heteroatoms. The van der Waals surface area contributed by atoms with Crippen LogP contribution in [0.1, 0.15) is 34.7 Å². The molecule has 0 heterocycles. The van der Waals surface area contributed by atoms with Crippen LogP contribution in [0.5, 0.6) is 0 Å². The SMILES string of the molecule is CCNC(=O)[C@@H](Cc1ccccc1)N(Cc1cccc(C)c1)C(=O)CN(c1ccc(C)c(C)c1)S(C)(=O)=O. The Hall–Kier alpha value is -3.65. The highest BCUT2D eigenvalue weighted by molar-refractivity contribution is 7.92. The summed E-state index contributed by atoms with van der Waals surface area (Å²) in [6.45, 7) is 7.79. The Labute approximate surface area is 226 Å². The van der Waals surface area contributed by atoms with Gasteiger partial charge >= 0.3 is 0 Å². The average molecular weight is 536 g/mol. The third-order valence-corrected chi connectivity index (χ3v) is 7.66. The van der Waals surface area contributed by atoms with Crippen molar-refractivity contribution in [2.45, 2.75) is 46.7 Å². The zero-order valence-electron chi connectivity index (χ0n) is 22.8. The maximum atomic E-state index is 14.0. The Morgan fingerprint density at radius 2 is 1.55 bits per heavy atom. The van der Waals surface area contributed by atoms with Crippen LogP contribution >= 0.6 is 0 Å². The molecule has 3 rings (SSSR count). The van der Waals surface area contributed by atoms with Crippen molar-refractivity contribution < 1.29 is 18.0 Å². The fraction of sp³-hybridized carbons (Fsp3) is 0.333.